The molecular formula is C19H22N4O2S. The molecule has 1 aromatic carbocycles. The van der Waals surface area contributed by atoms with Crippen LogP contribution in [0.25, 0.3) is 10.9 Å². The Hall–Kier alpha value is -2.38. The van der Waals surface area contributed by atoms with Crippen molar-refractivity contribution in [2.75, 3.05) is 6.54 Å². The van der Waals surface area contributed by atoms with E-state index in [-0.39, 0.29) is 16.2 Å². The molecule has 6 nitrogen and oxygen atoms in total. The molecule has 1 atom stereocenters. The van der Waals surface area contributed by atoms with Crippen molar-refractivity contribution < 1.29 is 5.11 Å². The number of rotatable bonds is 4. The summed E-state index contributed by atoms with van der Waals surface area (Å²) in [4.78, 5) is 18.8. The molecule has 0 fully saturated rings. The predicted molar refractivity (Wildman–Crippen MR) is 104 cm³/mol. The van der Waals surface area contributed by atoms with Gasteiger partial charge in [-0.15, -0.1) is 0 Å². The molecule has 0 saturated carbocycles. The van der Waals surface area contributed by atoms with Gasteiger partial charge in [0.05, 0.1) is 6.04 Å². The summed E-state index contributed by atoms with van der Waals surface area (Å²) in [5.41, 5.74) is 3.16. The predicted octanol–water partition coefficient (Wildman–Crippen LogP) is 3.13. The number of unbranched alkanes of at least 4 members (excludes halogenated alkanes) is 1. The molecule has 1 aliphatic rings. The Kier molecular flexibility index (Phi) is 4.42. The number of nitrogens with zero attached hydrogens (tertiary/aromatic N) is 1. The maximum atomic E-state index is 12.7. The Morgan fingerprint density at radius 3 is 2.92 bits per heavy atom. The molecule has 0 spiro atoms. The first kappa shape index (κ1) is 17.1. The zero-order valence-corrected chi connectivity index (χ0v) is 15.4. The van der Waals surface area contributed by atoms with Crippen molar-refractivity contribution in [1.29, 1.82) is 0 Å². The van der Waals surface area contributed by atoms with Crippen LogP contribution >= 0.6 is 12.2 Å². The molecule has 4 rings (SSSR count). The number of fused-ring (bicyclic) bond motifs is 3. The van der Waals surface area contributed by atoms with Gasteiger partial charge in [0.1, 0.15) is 5.56 Å². The second-order valence-electron chi connectivity index (χ2n) is 6.70. The van der Waals surface area contributed by atoms with E-state index in [0.29, 0.717) is 12.1 Å². The van der Waals surface area contributed by atoms with Crippen LogP contribution in [0, 0.1) is 4.77 Å². The molecule has 136 valence electrons. The molecule has 0 saturated heterocycles. The van der Waals surface area contributed by atoms with Gasteiger partial charge in [0.2, 0.25) is 5.88 Å². The van der Waals surface area contributed by atoms with Crippen LogP contribution in [0.3, 0.4) is 0 Å². The number of aromatic nitrogens is 3. The minimum absolute atomic E-state index is 0.0452. The van der Waals surface area contributed by atoms with Gasteiger partial charge >= 0.3 is 0 Å². The number of H-pyrrole nitrogens is 2. The molecule has 7 heteroatoms. The average molecular weight is 370 g/mol. The van der Waals surface area contributed by atoms with E-state index < -0.39 is 6.04 Å². The van der Waals surface area contributed by atoms with Crippen molar-refractivity contribution in [3.63, 3.8) is 0 Å². The van der Waals surface area contributed by atoms with Crippen molar-refractivity contribution in [3.8, 4) is 5.88 Å². The van der Waals surface area contributed by atoms with Crippen LogP contribution in [0.1, 0.15) is 42.6 Å². The number of aromatic amines is 2. The van der Waals surface area contributed by atoms with E-state index in [4.69, 9.17) is 12.2 Å². The number of hydrogen-bond acceptors (Lipinski definition) is 4. The summed E-state index contributed by atoms with van der Waals surface area (Å²) in [6.07, 6.45) is 2.73. The smallest absolute Gasteiger partial charge is 0.260 e. The van der Waals surface area contributed by atoms with Gasteiger partial charge in [-0.1, -0.05) is 31.5 Å². The highest BCUT2D eigenvalue weighted by atomic mass is 32.1. The van der Waals surface area contributed by atoms with Crippen molar-refractivity contribution in [2.24, 2.45) is 0 Å². The Labute approximate surface area is 155 Å². The Morgan fingerprint density at radius 2 is 2.12 bits per heavy atom. The molecular weight excluding hydrogens is 348 g/mol. The summed E-state index contributed by atoms with van der Waals surface area (Å²) < 4.78 is 1.88. The van der Waals surface area contributed by atoms with Gasteiger partial charge in [-0.05, 0) is 36.7 Å². The van der Waals surface area contributed by atoms with Crippen LogP contribution < -0.4 is 10.9 Å². The fourth-order valence-corrected chi connectivity index (χ4v) is 4.06. The van der Waals surface area contributed by atoms with Crippen LogP contribution in [0.2, 0.25) is 0 Å². The molecule has 4 N–H and O–H groups in total. The van der Waals surface area contributed by atoms with Gasteiger partial charge in [0.15, 0.2) is 4.77 Å². The monoisotopic (exact) mass is 370 g/mol. The van der Waals surface area contributed by atoms with Crippen LogP contribution in [-0.4, -0.2) is 26.2 Å². The van der Waals surface area contributed by atoms with E-state index in [1.165, 1.54) is 10.9 Å². The molecule has 0 radical (unpaired) electrons. The molecule has 26 heavy (non-hydrogen) atoms. The van der Waals surface area contributed by atoms with Crippen LogP contribution in [0.5, 0.6) is 5.88 Å². The molecule has 3 heterocycles. The molecule has 2 aromatic heterocycles. The Morgan fingerprint density at radius 1 is 1.31 bits per heavy atom. The summed E-state index contributed by atoms with van der Waals surface area (Å²) in [7, 11) is 0. The third-order valence-corrected chi connectivity index (χ3v) is 5.41. The zero-order valence-electron chi connectivity index (χ0n) is 14.6. The van der Waals surface area contributed by atoms with E-state index in [0.717, 1.165) is 37.0 Å². The summed E-state index contributed by atoms with van der Waals surface area (Å²) in [5, 5.41) is 15.4. The Bertz CT molecular complexity index is 1080. The number of aromatic hydroxyl groups is 1. The lowest BCUT2D eigenvalue weighted by molar-refractivity contribution is 0.382. The highest BCUT2D eigenvalue weighted by Crippen LogP contribution is 2.35. The van der Waals surface area contributed by atoms with Crippen molar-refractivity contribution in [3.05, 3.63) is 56.2 Å². The third-order valence-electron chi connectivity index (χ3n) is 5.09. The van der Waals surface area contributed by atoms with Crippen LogP contribution in [0.4, 0.5) is 0 Å². The second kappa shape index (κ2) is 6.74. The van der Waals surface area contributed by atoms with E-state index in [1.54, 1.807) is 4.57 Å². The van der Waals surface area contributed by atoms with Gasteiger partial charge in [0.25, 0.3) is 5.56 Å². The first-order chi connectivity index (χ1) is 12.6. The van der Waals surface area contributed by atoms with Gasteiger partial charge in [0, 0.05) is 29.7 Å². The summed E-state index contributed by atoms with van der Waals surface area (Å²) in [5.74, 6) is -0.0452. The fourth-order valence-electron chi connectivity index (χ4n) is 3.79. The first-order valence-electron chi connectivity index (χ1n) is 9.00. The van der Waals surface area contributed by atoms with Crippen molar-refractivity contribution >= 4 is 23.1 Å². The summed E-state index contributed by atoms with van der Waals surface area (Å²) >= 11 is 5.25. The number of nitrogens with one attached hydrogen (secondary N) is 3. The summed E-state index contributed by atoms with van der Waals surface area (Å²) in [6, 6.07) is 7.73. The average Bonchev–Trinajstić information content (AvgIpc) is 3.01. The molecule has 1 unspecified atom stereocenters. The third kappa shape index (κ3) is 2.68. The van der Waals surface area contributed by atoms with Crippen molar-refractivity contribution in [1.82, 2.24) is 19.9 Å². The topological polar surface area (TPSA) is 85.8 Å². The molecule has 1 aliphatic heterocycles. The molecule has 3 aromatic rings. The van der Waals surface area contributed by atoms with Crippen molar-refractivity contribution in [2.45, 2.75) is 38.8 Å². The zero-order chi connectivity index (χ0) is 18.3. The standard InChI is InChI=1S/C19H22N4O2S/c1-2-3-10-23-18(25)14(17(24)22-19(23)26)16-15-12(8-9-20-16)11-6-4-5-7-13(11)21-15/h4-7,16,20-21,25H,2-3,8-10H2,1H3,(H,22,24,26). The highest BCUT2D eigenvalue weighted by molar-refractivity contribution is 7.71. The number of benzene rings is 1. The first-order valence-corrected chi connectivity index (χ1v) is 9.41. The van der Waals surface area contributed by atoms with E-state index in [1.807, 2.05) is 18.2 Å². The normalized spacial score (nSPS) is 16.7. The van der Waals surface area contributed by atoms with Crippen LogP contribution in [0.15, 0.2) is 29.1 Å². The molecule has 0 bridgehead atoms. The summed E-state index contributed by atoms with van der Waals surface area (Å²) in [6.45, 7) is 3.40. The van der Waals surface area contributed by atoms with Gasteiger partial charge in [-0.3, -0.25) is 14.3 Å². The lowest BCUT2D eigenvalue weighted by atomic mass is 9.95. The fraction of sp³-hybridized carbons (Fsp3) is 0.368. The van der Waals surface area contributed by atoms with Gasteiger partial charge < -0.3 is 15.4 Å². The quantitative estimate of drug-likeness (QED) is 0.532. The van der Waals surface area contributed by atoms with E-state index in [9.17, 15) is 9.90 Å². The van der Waals surface area contributed by atoms with Crippen LogP contribution in [-0.2, 0) is 13.0 Å². The second-order valence-corrected chi connectivity index (χ2v) is 7.09. The lowest BCUT2D eigenvalue weighted by Gasteiger charge is -2.25. The minimum atomic E-state index is -0.390. The van der Waals surface area contributed by atoms with Gasteiger partial charge in [-0.2, -0.15) is 0 Å². The number of para-hydroxylation sites is 1. The van der Waals surface area contributed by atoms with E-state index >= 15 is 0 Å². The molecule has 0 amide bonds. The molecule has 0 aliphatic carbocycles. The maximum absolute atomic E-state index is 12.7. The SMILES string of the molecule is CCCCn1c(O)c(C2NCCc3c2[nH]c2ccccc32)c(=O)[nH]c1=S. The minimum Gasteiger partial charge on any atom is -0.494 e. The lowest BCUT2D eigenvalue weighted by Crippen LogP contribution is -2.35. The Balaban J connectivity index is 1.90. The maximum Gasteiger partial charge on any atom is 0.260 e. The van der Waals surface area contributed by atoms with Gasteiger partial charge in [-0.25, -0.2) is 0 Å². The highest BCUT2D eigenvalue weighted by Gasteiger charge is 2.30. The van der Waals surface area contributed by atoms with E-state index in [2.05, 4.69) is 28.3 Å². The largest absolute Gasteiger partial charge is 0.494 e. The number of hydrogen-bond donors (Lipinski definition) is 4.